The Bertz CT molecular complexity index is 1260. The predicted octanol–water partition coefficient (Wildman–Crippen LogP) is 5.99. The molecular weight excluding hydrogens is 541 g/mol. The summed E-state index contributed by atoms with van der Waals surface area (Å²) in [6, 6.07) is 20.4. The molecule has 0 bridgehead atoms. The maximum absolute atomic E-state index is 12.7. The van der Waals surface area contributed by atoms with Gasteiger partial charge in [0.2, 0.25) is 0 Å². The number of aryl methyl sites for hydroxylation is 1. The molecule has 0 radical (unpaired) electrons. The number of amides is 2. The summed E-state index contributed by atoms with van der Waals surface area (Å²) in [7, 11) is -1.26. The molecule has 0 aliphatic carbocycles. The van der Waals surface area contributed by atoms with E-state index < -0.39 is 7.12 Å². The first-order chi connectivity index (χ1) is 19.9. The van der Waals surface area contributed by atoms with E-state index in [1.54, 1.807) is 24.3 Å². The summed E-state index contributed by atoms with van der Waals surface area (Å²) >= 11 is 5.96. The molecule has 0 atom stereocenters. The Labute approximate surface area is 247 Å². The van der Waals surface area contributed by atoms with Gasteiger partial charge in [-0.05, 0) is 98.4 Å². The Kier molecular flexibility index (Phi) is 11.7. The number of benzene rings is 3. The van der Waals surface area contributed by atoms with Gasteiger partial charge in [-0.1, -0.05) is 48.7 Å². The Balaban J connectivity index is 1.33. The van der Waals surface area contributed by atoms with Crippen molar-refractivity contribution in [2.45, 2.75) is 57.7 Å². The first kappa shape index (κ1) is 30.6. The zero-order valence-electron chi connectivity index (χ0n) is 23.3. The fraction of sp³-hybridized carbons (Fsp3) is 0.375. The third-order valence-electron chi connectivity index (χ3n) is 7.20. The van der Waals surface area contributed by atoms with Gasteiger partial charge in [-0.3, -0.25) is 14.5 Å². The molecule has 4 rings (SSSR count). The van der Waals surface area contributed by atoms with Crippen molar-refractivity contribution in [3.05, 3.63) is 94.0 Å². The summed E-state index contributed by atoms with van der Waals surface area (Å²) in [4.78, 5) is 26.8. The summed E-state index contributed by atoms with van der Waals surface area (Å²) in [6.45, 7) is 1.51. The fourth-order valence-corrected chi connectivity index (χ4v) is 5.18. The molecule has 1 heterocycles. The molecule has 3 aromatic rings. The van der Waals surface area contributed by atoms with Crippen molar-refractivity contribution in [1.82, 2.24) is 4.90 Å². The van der Waals surface area contributed by atoms with E-state index in [0.29, 0.717) is 48.6 Å². The molecule has 0 fully saturated rings. The Morgan fingerprint density at radius 1 is 0.707 bits per heavy atom. The number of halogens is 1. The van der Waals surface area contributed by atoms with Crippen molar-refractivity contribution in [3.8, 4) is 11.5 Å². The lowest BCUT2D eigenvalue weighted by Crippen LogP contribution is -2.30. The first-order valence-corrected chi connectivity index (χ1v) is 14.7. The van der Waals surface area contributed by atoms with Gasteiger partial charge >= 0.3 is 7.12 Å². The molecule has 1 aliphatic heterocycles. The molecule has 0 aromatic heterocycles. The normalized spacial score (nSPS) is 12.5. The van der Waals surface area contributed by atoms with Crippen LogP contribution in [0.15, 0.2) is 66.7 Å². The lowest BCUT2D eigenvalue weighted by Gasteiger charge is -2.17. The van der Waals surface area contributed by atoms with Gasteiger partial charge in [0, 0.05) is 11.6 Å². The summed E-state index contributed by atoms with van der Waals surface area (Å²) in [5.74, 6) is 1.20. The SMILES string of the molecule is O=C1c2ccccc2C(=O)N1CCCCc1c(CCCOc2ccc(Cl)cc2)cccc1OCCCCCB(O)O. The minimum Gasteiger partial charge on any atom is -0.494 e. The van der Waals surface area contributed by atoms with Crippen molar-refractivity contribution in [2.24, 2.45) is 0 Å². The Hall–Kier alpha value is -3.33. The molecular formula is C32H37BClNO6. The number of carbonyl (C=O) groups excluding carboxylic acids is 2. The molecule has 216 valence electrons. The number of nitrogens with zero attached hydrogens (tertiary/aromatic N) is 1. The van der Waals surface area contributed by atoms with E-state index in [9.17, 15) is 9.59 Å². The van der Waals surface area contributed by atoms with Crippen LogP contribution in [-0.4, -0.2) is 53.6 Å². The average molecular weight is 578 g/mol. The highest BCUT2D eigenvalue weighted by molar-refractivity contribution is 6.40. The third kappa shape index (κ3) is 8.83. The fourth-order valence-electron chi connectivity index (χ4n) is 5.05. The molecule has 2 N–H and O–H groups in total. The topological polar surface area (TPSA) is 96.3 Å². The minimum absolute atomic E-state index is 0.218. The Morgan fingerprint density at radius 3 is 2.12 bits per heavy atom. The number of fused-ring (bicyclic) bond motifs is 1. The number of imide groups is 1. The first-order valence-electron chi connectivity index (χ1n) is 14.4. The second kappa shape index (κ2) is 15.6. The van der Waals surface area contributed by atoms with Crippen LogP contribution >= 0.6 is 11.6 Å². The van der Waals surface area contributed by atoms with Crippen molar-refractivity contribution in [1.29, 1.82) is 0 Å². The van der Waals surface area contributed by atoms with E-state index in [2.05, 4.69) is 6.07 Å². The van der Waals surface area contributed by atoms with Gasteiger partial charge in [0.05, 0.1) is 24.3 Å². The summed E-state index contributed by atoms with van der Waals surface area (Å²) < 4.78 is 12.1. The Morgan fingerprint density at radius 2 is 1.41 bits per heavy atom. The number of carbonyl (C=O) groups is 2. The summed E-state index contributed by atoms with van der Waals surface area (Å²) in [5.41, 5.74) is 3.30. The van der Waals surface area contributed by atoms with E-state index in [0.717, 1.165) is 62.0 Å². The molecule has 0 saturated carbocycles. The van der Waals surface area contributed by atoms with Gasteiger partial charge in [0.25, 0.3) is 11.8 Å². The zero-order valence-corrected chi connectivity index (χ0v) is 24.0. The van der Waals surface area contributed by atoms with Crippen LogP contribution < -0.4 is 9.47 Å². The lowest BCUT2D eigenvalue weighted by molar-refractivity contribution is 0.0651. The van der Waals surface area contributed by atoms with E-state index in [1.807, 2.05) is 36.4 Å². The van der Waals surface area contributed by atoms with E-state index in [4.69, 9.17) is 31.1 Å². The molecule has 2 amide bonds. The number of unbranched alkanes of at least 4 members (excludes halogenated alkanes) is 3. The van der Waals surface area contributed by atoms with Crippen LogP contribution in [0, 0.1) is 0 Å². The van der Waals surface area contributed by atoms with E-state index in [-0.39, 0.29) is 11.8 Å². The van der Waals surface area contributed by atoms with Crippen molar-refractivity contribution in [3.63, 3.8) is 0 Å². The monoisotopic (exact) mass is 577 g/mol. The van der Waals surface area contributed by atoms with Crippen LogP contribution in [0.4, 0.5) is 0 Å². The number of hydrogen-bond donors (Lipinski definition) is 2. The highest BCUT2D eigenvalue weighted by Crippen LogP contribution is 2.28. The van der Waals surface area contributed by atoms with Crippen molar-refractivity contribution in [2.75, 3.05) is 19.8 Å². The lowest BCUT2D eigenvalue weighted by atomic mass is 9.83. The van der Waals surface area contributed by atoms with E-state index in [1.165, 1.54) is 10.5 Å². The zero-order chi connectivity index (χ0) is 29.0. The summed E-state index contributed by atoms with van der Waals surface area (Å²) in [6.07, 6.45) is 6.71. The van der Waals surface area contributed by atoms with Crippen LogP contribution in [0.2, 0.25) is 11.3 Å². The van der Waals surface area contributed by atoms with Gasteiger partial charge in [0.1, 0.15) is 11.5 Å². The smallest absolute Gasteiger partial charge is 0.451 e. The predicted molar refractivity (Wildman–Crippen MR) is 161 cm³/mol. The molecule has 41 heavy (non-hydrogen) atoms. The molecule has 0 unspecified atom stereocenters. The van der Waals surface area contributed by atoms with Crippen LogP contribution in [-0.2, 0) is 12.8 Å². The summed E-state index contributed by atoms with van der Waals surface area (Å²) in [5, 5.41) is 18.7. The average Bonchev–Trinajstić information content (AvgIpc) is 3.21. The van der Waals surface area contributed by atoms with Gasteiger partial charge in [-0.25, -0.2) is 0 Å². The maximum Gasteiger partial charge on any atom is 0.451 e. The van der Waals surface area contributed by atoms with Gasteiger partial charge in [-0.2, -0.15) is 0 Å². The van der Waals surface area contributed by atoms with Crippen LogP contribution in [0.3, 0.4) is 0 Å². The minimum atomic E-state index is -1.26. The number of ether oxygens (including phenoxy) is 2. The molecule has 1 aliphatic rings. The van der Waals surface area contributed by atoms with Gasteiger partial charge < -0.3 is 19.5 Å². The number of hydrogen-bond acceptors (Lipinski definition) is 6. The molecule has 7 nitrogen and oxygen atoms in total. The standard InChI is InChI=1S/C32H37BClNO6/c34-25-16-18-26(19-17-25)40-23-9-11-24-10-8-15-30(41-22-7-1-5-20-33(38)39)27(24)12-4-6-21-35-31(36)28-13-2-3-14-29(28)32(35)37/h2-3,8,10,13-19,38-39H,1,4-7,9,11-12,20-23H2. The van der Waals surface area contributed by atoms with E-state index >= 15 is 0 Å². The number of rotatable bonds is 17. The molecule has 3 aromatic carbocycles. The van der Waals surface area contributed by atoms with Crippen molar-refractivity contribution < 1.29 is 29.1 Å². The second-order valence-corrected chi connectivity index (χ2v) is 10.7. The maximum atomic E-state index is 12.7. The van der Waals surface area contributed by atoms with Crippen LogP contribution in [0.1, 0.15) is 70.4 Å². The molecule has 0 saturated heterocycles. The van der Waals surface area contributed by atoms with Crippen LogP contribution in [0.25, 0.3) is 0 Å². The third-order valence-corrected chi connectivity index (χ3v) is 7.46. The quantitative estimate of drug-likeness (QED) is 0.116. The molecule has 9 heteroatoms. The largest absolute Gasteiger partial charge is 0.494 e. The van der Waals surface area contributed by atoms with Gasteiger partial charge in [0.15, 0.2) is 0 Å². The highest BCUT2D eigenvalue weighted by Gasteiger charge is 2.34. The van der Waals surface area contributed by atoms with Crippen LogP contribution in [0.5, 0.6) is 11.5 Å². The molecule has 0 spiro atoms. The second-order valence-electron chi connectivity index (χ2n) is 10.2. The van der Waals surface area contributed by atoms with Crippen molar-refractivity contribution >= 4 is 30.5 Å². The highest BCUT2D eigenvalue weighted by atomic mass is 35.5. The van der Waals surface area contributed by atoms with Gasteiger partial charge in [-0.15, -0.1) is 0 Å².